The largest absolute Gasteiger partial charge is 0.352 e. The fourth-order valence-electron chi connectivity index (χ4n) is 2.27. The smallest absolute Gasteiger partial charge is 0.312 e. The van der Waals surface area contributed by atoms with Gasteiger partial charge in [-0.3, -0.25) is 9.48 Å². The number of nitrogens with zero attached hydrogens (tertiary/aromatic N) is 2. The molecule has 1 atom stereocenters. The van der Waals surface area contributed by atoms with Crippen LogP contribution in [0.4, 0.5) is 10.5 Å². The number of urea groups is 1. The number of anilines is 1. The Hall–Kier alpha value is -2.83. The van der Waals surface area contributed by atoms with Gasteiger partial charge in [-0.05, 0) is 18.1 Å². The Kier molecular flexibility index (Phi) is 4.77. The molecule has 2 rings (SSSR count). The number of rotatable bonds is 5. The molecule has 0 radical (unpaired) electrons. The van der Waals surface area contributed by atoms with E-state index in [2.05, 4.69) is 15.7 Å². The molecule has 1 aromatic heterocycles. The van der Waals surface area contributed by atoms with E-state index in [9.17, 15) is 9.59 Å². The summed E-state index contributed by atoms with van der Waals surface area (Å²) in [5.41, 5.74) is 7.67. The monoisotopic (exact) mass is 301 g/mol. The van der Waals surface area contributed by atoms with E-state index < -0.39 is 12.1 Å². The lowest BCUT2D eigenvalue weighted by atomic mass is 9.98. The van der Waals surface area contributed by atoms with Crippen LogP contribution < -0.4 is 16.4 Å². The van der Waals surface area contributed by atoms with E-state index in [0.717, 1.165) is 11.1 Å². The van der Waals surface area contributed by atoms with Gasteiger partial charge in [0.25, 0.3) is 0 Å². The van der Waals surface area contributed by atoms with Crippen molar-refractivity contribution in [1.82, 2.24) is 15.1 Å². The summed E-state index contributed by atoms with van der Waals surface area (Å²) in [4.78, 5) is 23.4. The molecular formula is C15H19N5O2. The van der Waals surface area contributed by atoms with Crippen LogP contribution in [0.2, 0.25) is 0 Å². The molecule has 2 aromatic rings. The molecule has 4 N–H and O–H groups in total. The number of carbonyl (C=O) groups is 2. The van der Waals surface area contributed by atoms with Crippen molar-refractivity contribution in [2.45, 2.75) is 19.4 Å². The molecule has 3 amide bonds. The van der Waals surface area contributed by atoms with Crippen LogP contribution in [0.15, 0.2) is 36.7 Å². The highest BCUT2D eigenvalue weighted by molar-refractivity contribution is 5.91. The highest BCUT2D eigenvalue weighted by Crippen LogP contribution is 2.21. The number of benzene rings is 1. The van der Waals surface area contributed by atoms with E-state index in [-0.39, 0.29) is 12.3 Å². The van der Waals surface area contributed by atoms with Crippen molar-refractivity contribution in [3.63, 3.8) is 0 Å². The molecule has 0 bridgehead atoms. The SMILES string of the molecule is Cc1ccccc1[C@H](CC(=O)Nc1cnn(C)c1)NC(N)=O. The topological polar surface area (TPSA) is 102 Å². The van der Waals surface area contributed by atoms with Gasteiger partial charge in [-0.1, -0.05) is 24.3 Å². The van der Waals surface area contributed by atoms with Crippen molar-refractivity contribution >= 4 is 17.6 Å². The van der Waals surface area contributed by atoms with Crippen molar-refractivity contribution in [1.29, 1.82) is 0 Å². The zero-order chi connectivity index (χ0) is 16.1. The summed E-state index contributed by atoms with van der Waals surface area (Å²) in [6, 6.07) is 6.40. The average molecular weight is 301 g/mol. The molecule has 0 saturated heterocycles. The molecule has 116 valence electrons. The van der Waals surface area contributed by atoms with Crippen LogP contribution in [0, 0.1) is 6.92 Å². The van der Waals surface area contributed by atoms with E-state index in [1.165, 1.54) is 0 Å². The lowest BCUT2D eigenvalue weighted by molar-refractivity contribution is -0.116. The maximum Gasteiger partial charge on any atom is 0.312 e. The lowest BCUT2D eigenvalue weighted by Crippen LogP contribution is -2.35. The average Bonchev–Trinajstić information content (AvgIpc) is 2.83. The summed E-state index contributed by atoms with van der Waals surface area (Å²) in [7, 11) is 1.76. The van der Waals surface area contributed by atoms with Crippen LogP contribution >= 0.6 is 0 Å². The van der Waals surface area contributed by atoms with Gasteiger partial charge in [-0.25, -0.2) is 4.79 Å². The lowest BCUT2D eigenvalue weighted by Gasteiger charge is -2.19. The van der Waals surface area contributed by atoms with E-state index in [1.54, 1.807) is 24.1 Å². The first-order valence-electron chi connectivity index (χ1n) is 6.85. The molecule has 1 aromatic carbocycles. The first-order valence-corrected chi connectivity index (χ1v) is 6.85. The summed E-state index contributed by atoms with van der Waals surface area (Å²) in [5, 5.41) is 9.34. The minimum absolute atomic E-state index is 0.0860. The standard InChI is InChI=1S/C15H19N5O2/c1-10-5-3-4-6-12(10)13(19-15(16)22)7-14(21)18-11-8-17-20(2)9-11/h3-6,8-9,13H,7H2,1-2H3,(H,18,21)(H3,16,19,22)/t13-/m0/s1. The second kappa shape index (κ2) is 6.75. The van der Waals surface area contributed by atoms with E-state index in [4.69, 9.17) is 5.73 Å². The minimum atomic E-state index is -0.664. The van der Waals surface area contributed by atoms with E-state index >= 15 is 0 Å². The maximum absolute atomic E-state index is 12.2. The molecule has 22 heavy (non-hydrogen) atoms. The molecule has 1 heterocycles. The maximum atomic E-state index is 12.2. The number of hydrogen-bond donors (Lipinski definition) is 3. The Morgan fingerprint density at radius 2 is 2.09 bits per heavy atom. The number of aryl methyl sites for hydroxylation is 2. The predicted octanol–water partition coefficient (Wildman–Crippen LogP) is 1.47. The van der Waals surface area contributed by atoms with Crippen molar-refractivity contribution in [2.75, 3.05) is 5.32 Å². The summed E-state index contributed by atoms with van der Waals surface area (Å²) < 4.78 is 1.59. The van der Waals surface area contributed by atoms with Gasteiger partial charge in [0.15, 0.2) is 0 Å². The van der Waals surface area contributed by atoms with Gasteiger partial charge in [0.05, 0.1) is 24.3 Å². The van der Waals surface area contributed by atoms with Gasteiger partial charge in [0.1, 0.15) is 0 Å². The second-order valence-corrected chi connectivity index (χ2v) is 5.07. The minimum Gasteiger partial charge on any atom is -0.352 e. The summed E-state index contributed by atoms with van der Waals surface area (Å²) >= 11 is 0. The Morgan fingerprint density at radius 1 is 1.36 bits per heavy atom. The molecular weight excluding hydrogens is 282 g/mol. The fourth-order valence-corrected chi connectivity index (χ4v) is 2.27. The Morgan fingerprint density at radius 3 is 2.68 bits per heavy atom. The van der Waals surface area contributed by atoms with Crippen molar-refractivity contribution < 1.29 is 9.59 Å². The number of carbonyl (C=O) groups excluding carboxylic acids is 2. The molecule has 0 aliphatic rings. The number of amides is 3. The number of hydrogen-bond acceptors (Lipinski definition) is 3. The molecule has 0 saturated carbocycles. The third-order valence-electron chi connectivity index (χ3n) is 3.26. The highest BCUT2D eigenvalue weighted by Gasteiger charge is 2.19. The second-order valence-electron chi connectivity index (χ2n) is 5.07. The Bertz CT molecular complexity index is 680. The Labute approximate surface area is 128 Å². The fraction of sp³-hybridized carbons (Fsp3) is 0.267. The number of aromatic nitrogens is 2. The van der Waals surface area contributed by atoms with Crippen molar-refractivity contribution in [3.8, 4) is 0 Å². The van der Waals surface area contributed by atoms with Crippen molar-refractivity contribution in [2.24, 2.45) is 12.8 Å². The van der Waals surface area contributed by atoms with Gasteiger partial charge in [0.2, 0.25) is 5.91 Å². The van der Waals surface area contributed by atoms with Crippen LogP contribution in [0.5, 0.6) is 0 Å². The molecule has 0 spiro atoms. The third-order valence-corrected chi connectivity index (χ3v) is 3.26. The molecule has 7 heteroatoms. The predicted molar refractivity (Wildman–Crippen MR) is 83.1 cm³/mol. The van der Waals surface area contributed by atoms with Crippen LogP contribution in [0.25, 0.3) is 0 Å². The molecule has 0 aliphatic carbocycles. The zero-order valence-electron chi connectivity index (χ0n) is 12.5. The van der Waals surface area contributed by atoms with E-state index in [1.807, 2.05) is 31.2 Å². The first-order chi connectivity index (χ1) is 10.5. The summed E-state index contributed by atoms with van der Waals surface area (Å²) in [6.07, 6.45) is 3.34. The number of nitrogens with two attached hydrogens (primary N) is 1. The van der Waals surface area contributed by atoms with Gasteiger partial charge in [0, 0.05) is 13.2 Å². The van der Waals surface area contributed by atoms with E-state index in [0.29, 0.717) is 5.69 Å². The normalized spacial score (nSPS) is 11.7. The molecule has 0 unspecified atom stereocenters. The molecule has 0 aliphatic heterocycles. The summed E-state index contributed by atoms with van der Waals surface area (Å²) in [5.74, 6) is -0.227. The van der Waals surface area contributed by atoms with Gasteiger partial charge >= 0.3 is 6.03 Å². The third kappa shape index (κ3) is 4.08. The number of primary amides is 1. The number of nitrogens with one attached hydrogen (secondary N) is 2. The zero-order valence-corrected chi connectivity index (χ0v) is 12.5. The van der Waals surface area contributed by atoms with Gasteiger partial charge in [-0.15, -0.1) is 0 Å². The molecule has 0 fully saturated rings. The first kappa shape index (κ1) is 15.6. The quantitative estimate of drug-likeness (QED) is 0.779. The highest BCUT2D eigenvalue weighted by atomic mass is 16.2. The van der Waals surface area contributed by atoms with Crippen molar-refractivity contribution in [3.05, 3.63) is 47.8 Å². The van der Waals surface area contributed by atoms with Crippen LogP contribution in [-0.2, 0) is 11.8 Å². The van der Waals surface area contributed by atoms with Gasteiger partial charge < -0.3 is 16.4 Å². The van der Waals surface area contributed by atoms with Crippen LogP contribution in [-0.4, -0.2) is 21.7 Å². The Balaban J connectivity index is 2.11. The van der Waals surface area contributed by atoms with Crippen LogP contribution in [0.3, 0.4) is 0 Å². The molecule has 7 nitrogen and oxygen atoms in total. The van der Waals surface area contributed by atoms with Gasteiger partial charge in [-0.2, -0.15) is 5.10 Å². The summed E-state index contributed by atoms with van der Waals surface area (Å²) in [6.45, 7) is 1.92. The van der Waals surface area contributed by atoms with Crippen LogP contribution in [0.1, 0.15) is 23.6 Å².